The first kappa shape index (κ1) is 19.2. The molecule has 0 spiro atoms. The number of nitrogens with zero attached hydrogens (tertiary/aromatic N) is 2. The highest BCUT2D eigenvalue weighted by Gasteiger charge is 2.13. The molecule has 4 rings (SSSR count). The van der Waals surface area contributed by atoms with E-state index in [1.54, 1.807) is 17.5 Å². The highest BCUT2D eigenvalue weighted by Crippen LogP contribution is 2.29. The van der Waals surface area contributed by atoms with E-state index in [0.717, 1.165) is 16.7 Å². The van der Waals surface area contributed by atoms with Crippen molar-refractivity contribution in [2.45, 2.75) is 6.92 Å². The van der Waals surface area contributed by atoms with E-state index in [0.29, 0.717) is 32.7 Å². The van der Waals surface area contributed by atoms with Crippen molar-refractivity contribution < 1.29 is 9.15 Å². The fourth-order valence-corrected chi connectivity index (χ4v) is 3.57. The molecular formula is C21H16ClN3O3S. The lowest BCUT2D eigenvalue weighted by Gasteiger charge is -2.04. The SMILES string of the molecule is COc1cccc2cc(-c3csc(NN=C(C)c4ccc(Cl)cc4)n3)c(=O)oc12. The second-order valence-electron chi connectivity index (χ2n) is 6.18. The number of aromatic nitrogens is 1. The first-order valence-corrected chi connectivity index (χ1v) is 9.94. The fraction of sp³-hybridized carbons (Fsp3) is 0.0952. The van der Waals surface area contributed by atoms with Crippen LogP contribution in [0.1, 0.15) is 12.5 Å². The minimum atomic E-state index is -0.473. The molecule has 2 aromatic carbocycles. The molecule has 0 saturated heterocycles. The van der Waals surface area contributed by atoms with Crippen molar-refractivity contribution in [1.82, 2.24) is 4.98 Å². The number of hydrogen-bond donors (Lipinski definition) is 1. The number of para-hydroxylation sites is 1. The predicted molar refractivity (Wildman–Crippen MR) is 117 cm³/mol. The minimum absolute atomic E-state index is 0.383. The van der Waals surface area contributed by atoms with Crippen molar-refractivity contribution in [2.24, 2.45) is 5.10 Å². The lowest BCUT2D eigenvalue weighted by molar-refractivity contribution is 0.407. The fourth-order valence-electron chi connectivity index (χ4n) is 2.79. The van der Waals surface area contributed by atoms with E-state index in [2.05, 4.69) is 15.5 Å². The first-order valence-electron chi connectivity index (χ1n) is 8.68. The third kappa shape index (κ3) is 4.01. The van der Waals surface area contributed by atoms with Crippen molar-refractivity contribution in [1.29, 1.82) is 0 Å². The van der Waals surface area contributed by atoms with Gasteiger partial charge in [0, 0.05) is 15.8 Å². The van der Waals surface area contributed by atoms with E-state index in [1.807, 2.05) is 43.3 Å². The van der Waals surface area contributed by atoms with Gasteiger partial charge in [-0.2, -0.15) is 5.10 Å². The van der Waals surface area contributed by atoms with Crippen LogP contribution < -0.4 is 15.8 Å². The van der Waals surface area contributed by atoms with E-state index < -0.39 is 5.63 Å². The molecule has 8 heteroatoms. The summed E-state index contributed by atoms with van der Waals surface area (Å²) in [4.78, 5) is 16.9. The Hall–Kier alpha value is -3.16. The third-order valence-electron chi connectivity index (χ3n) is 4.31. The average molecular weight is 426 g/mol. The first-order chi connectivity index (χ1) is 14.0. The highest BCUT2D eigenvalue weighted by molar-refractivity contribution is 7.14. The van der Waals surface area contributed by atoms with Crippen LogP contribution in [0.5, 0.6) is 5.75 Å². The number of anilines is 1. The van der Waals surface area contributed by atoms with Crippen LogP contribution in [-0.2, 0) is 0 Å². The van der Waals surface area contributed by atoms with E-state index in [4.69, 9.17) is 20.8 Å². The third-order valence-corrected chi connectivity index (χ3v) is 5.30. The lowest BCUT2D eigenvalue weighted by atomic mass is 10.1. The molecule has 29 heavy (non-hydrogen) atoms. The van der Waals surface area contributed by atoms with Gasteiger partial charge in [0.25, 0.3) is 0 Å². The molecule has 6 nitrogen and oxygen atoms in total. The largest absolute Gasteiger partial charge is 0.493 e. The second kappa shape index (κ2) is 8.06. The maximum absolute atomic E-state index is 12.5. The summed E-state index contributed by atoms with van der Waals surface area (Å²) >= 11 is 7.26. The Morgan fingerprint density at radius 3 is 2.79 bits per heavy atom. The monoisotopic (exact) mass is 425 g/mol. The van der Waals surface area contributed by atoms with Gasteiger partial charge in [-0.3, -0.25) is 5.43 Å². The molecule has 0 saturated carbocycles. The number of hydrogen-bond acceptors (Lipinski definition) is 7. The van der Waals surface area contributed by atoms with Crippen molar-refractivity contribution in [3.8, 4) is 17.0 Å². The number of nitrogens with one attached hydrogen (secondary N) is 1. The standard InChI is InChI=1S/C21H16ClN3O3S/c1-12(13-6-8-15(22)9-7-13)24-25-21-23-17(11-29-21)16-10-14-4-3-5-18(27-2)19(14)28-20(16)26/h3-11H,1-2H3,(H,23,25). The van der Waals surface area contributed by atoms with Crippen molar-refractivity contribution >= 4 is 44.8 Å². The van der Waals surface area contributed by atoms with Gasteiger partial charge in [0.15, 0.2) is 11.3 Å². The smallest absolute Gasteiger partial charge is 0.345 e. The number of ether oxygens (including phenoxy) is 1. The van der Waals surface area contributed by atoms with Gasteiger partial charge in [0.1, 0.15) is 0 Å². The van der Waals surface area contributed by atoms with Gasteiger partial charge in [-0.15, -0.1) is 11.3 Å². The average Bonchev–Trinajstić information content (AvgIpc) is 3.20. The Kier molecular flexibility index (Phi) is 5.33. The Morgan fingerprint density at radius 1 is 1.24 bits per heavy atom. The Labute approximate surface area is 175 Å². The number of rotatable bonds is 5. The second-order valence-corrected chi connectivity index (χ2v) is 7.47. The summed E-state index contributed by atoms with van der Waals surface area (Å²) in [5, 5.41) is 8.14. The van der Waals surface area contributed by atoms with Gasteiger partial charge >= 0.3 is 5.63 Å². The number of halogens is 1. The van der Waals surface area contributed by atoms with Crippen molar-refractivity contribution in [3.05, 3.63) is 74.9 Å². The maximum atomic E-state index is 12.5. The number of methoxy groups -OCH3 is 1. The van der Waals surface area contributed by atoms with Crippen LogP contribution in [0.25, 0.3) is 22.2 Å². The molecule has 0 radical (unpaired) electrons. The summed E-state index contributed by atoms with van der Waals surface area (Å²) in [6, 6.07) is 14.6. The molecule has 0 amide bonds. The van der Waals surface area contributed by atoms with Crippen LogP contribution in [0.15, 0.2) is 68.2 Å². The van der Waals surface area contributed by atoms with Gasteiger partial charge in [-0.05, 0) is 36.8 Å². The summed E-state index contributed by atoms with van der Waals surface area (Å²) in [6.45, 7) is 1.89. The molecule has 0 aliphatic heterocycles. The minimum Gasteiger partial charge on any atom is -0.493 e. The van der Waals surface area contributed by atoms with Gasteiger partial charge in [0.05, 0.1) is 24.1 Å². The molecule has 0 bridgehead atoms. The van der Waals surface area contributed by atoms with Crippen LogP contribution in [0.2, 0.25) is 5.02 Å². The van der Waals surface area contributed by atoms with Gasteiger partial charge in [0.2, 0.25) is 5.13 Å². The highest BCUT2D eigenvalue weighted by atomic mass is 35.5. The zero-order chi connectivity index (χ0) is 20.4. The molecule has 2 aromatic heterocycles. The zero-order valence-corrected chi connectivity index (χ0v) is 17.2. The van der Waals surface area contributed by atoms with Crippen LogP contribution in [-0.4, -0.2) is 17.8 Å². The van der Waals surface area contributed by atoms with E-state index >= 15 is 0 Å². The van der Waals surface area contributed by atoms with E-state index in [1.165, 1.54) is 18.4 Å². The van der Waals surface area contributed by atoms with Gasteiger partial charge in [-0.1, -0.05) is 35.9 Å². The van der Waals surface area contributed by atoms with Gasteiger partial charge in [-0.25, -0.2) is 9.78 Å². The molecule has 146 valence electrons. The Balaban J connectivity index is 1.60. The zero-order valence-electron chi connectivity index (χ0n) is 15.6. The molecule has 0 aliphatic rings. The molecular weight excluding hydrogens is 410 g/mol. The molecule has 0 fully saturated rings. The summed E-state index contributed by atoms with van der Waals surface area (Å²) in [5.41, 5.74) is 5.52. The van der Waals surface area contributed by atoms with E-state index in [9.17, 15) is 4.79 Å². The quantitative estimate of drug-likeness (QED) is 0.262. The van der Waals surface area contributed by atoms with Crippen LogP contribution in [0, 0.1) is 0 Å². The summed E-state index contributed by atoms with van der Waals surface area (Å²) in [7, 11) is 1.54. The topological polar surface area (TPSA) is 76.7 Å². The Bertz CT molecular complexity index is 1260. The van der Waals surface area contributed by atoms with Crippen molar-refractivity contribution in [2.75, 3.05) is 12.5 Å². The molecule has 0 aliphatic carbocycles. The number of benzene rings is 2. The molecule has 0 unspecified atom stereocenters. The molecule has 2 heterocycles. The van der Waals surface area contributed by atoms with E-state index in [-0.39, 0.29) is 0 Å². The summed E-state index contributed by atoms with van der Waals surface area (Å²) in [6.07, 6.45) is 0. The normalized spacial score (nSPS) is 11.6. The summed E-state index contributed by atoms with van der Waals surface area (Å²) < 4.78 is 10.7. The van der Waals surface area contributed by atoms with Crippen LogP contribution >= 0.6 is 22.9 Å². The number of thiazole rings is 1. The van der Waals surface area contributed by atoms with Crippen molar-refractivity contribution in [3.63, 3.8) is 0 Å². The maximum Gasteiger partial charge on any atom is 0.345 e. The molecule has 4 aromatic rings. The number of hydrazone groups is 1. The molecule has 0 atom stereocenters. The van der Waals surface area contributed by atoms with Crippen LogP contribution in [0.4, 0.5) is 5.13 Å². The van der Waals surface area contributed by atoms with Crippen LogP contribution in [0.3, 0.4) is 0 Å². The lowest BCUT2D eigenvalue weighted by Crippen LogP contribution is -2.04. The number of fused-ring (bicyclic) bond motifs is 1. The van der Waals surface area contributed by atoms with Gasteiger partial charge < -0.3 is 9.15 Å². The predicted octanol–water partition coefficient (Wildman–Crippen LogP) is 5.41. The molecule has 1 N–H and O–H groups in total. The Morgan fingerprint density at radius 2 is 2.03 bits per heavy atom. The summed E-state index contributed by atoms with van der Waals surface area (Å²) in [5.74, 6) is 0.513.